The van der Waals surface area contributed by atoms with Crippen LogP contribution < -0.4 is 10.1 Å². The van der Waals surface area contributed by atoms with Gasteiger partial charge in [-0.15, -0.1) is 0 Å². The molecule has 0 aromatic heterocycles. The second kappa shape index (κ2) is 7.53. The van der Waals surface area contributed by atoms with Crippen LogP contribution in [0, 0.1) is 0 Å². The lowest BCUT2D eigenvalue weighted by atomic mass is 10.1. The Kier molecular flexibility index (Phi) is 5.87. The minimum absolute atomic E-state index is 0.0595. The third kappa shape index (κ3) is 4.27. The number of methoxy groups -OCH3 is 1. The fourth-order valence-corrected chi connectivity index (χ4v) is 4.90. The SMILES string of the molecule is COc1ccccc1[C@H](C)N[C@@H](C)C(=O)N(C)[C@H]1CCS(=O)(=O)C1. The average Bonchev–Trinajstić information content (AvgIpc) is 2.93. The number of amides is 1. The van der Waals surface area contributed by atoms with Crippen molar-refractivity contribution in [2.24, 2.45) is 0 Å². The van der Waals surface area contributed by atoms with Gasteiger partial charge >= 0.3 is 0 Å². The molecule has 0 saturated carbocycles. The normalized spacial score (nSPS) is 21.9. The number of sulfone groups is 1. The number of nitrogens with zero attached hydrogens (tertiary/aromatic N) is 1. The summed E-state index contributed by atoms with van der Waals surface area (Å²) in [5, 5.41) is 3.28. The second-order valence-corrected chi connectivity index (χ2v) is 8.59. The van der Waals surface area contributed by atoms with Gasteiger partial charge in [0.2, 0.25) is 5.91 Å². The van der Waals surface area contributed by atoms with Crippen molar-refractivity contribution < 1.29 is 17.9 Å². The van der Waals surface area contributed by atoms with Crippen LogP contribution >= 0.6 is 0 Å². The van der Waals surface area contributed by atoms with E-state index < -0.39 is 15.9 Å². The molecule has 0 spiro atoms. The molecule has 1 aromatic rings. The number of likely N-dealkylation sites (N-methyl/N-ethyl adjacent to an activating group) is 1. The zero-order chi connectivity index (χ0) is 17.9. The first kappa shape index (κ1) is 18.7. The molecule has 7 heteroatoms. The molecule has 3 atom stereocenters. The number of rotatable bonds is 6. The fourth-order valence-electron chi connectivity index (χ4n) is 3.13. The second-order valence-electron chi connectivity index (χ2n) is 6.36. The van der Waals surface area contributed by atoms with E-state index in [4.69, 9.17) is 4.74 Å². The van der Waals surface area contributed by atoms with Crippen molar-refractivity contribution in [3.63, 3.8) is 0 Å². The molecule has 0 unspecified atom stereocenters. The maximum Gasteiger partial charge on any atom is 0.239 e. The average molecular weight is 354 g/mol. The Labute approximate surface area is 144 Å². The predicted octanol–water partition coefficient (Wildman–Crippen LogP) is 1.38. The Morgan fingerprint density at radius 2 is 2.00 bits per heavy atom. The highest BCUT2D eigenvalue weighted by atomic mass is 32.2. The van der Waals surface area contributed by atoms with E-state index in [0.29, 0.717) is 6.42 Å². The zero-order valence-electron chi connectivity index (χ0n) is 14.7. The molecule has 24 heavy (non-hydrogen) atoms. The van der Waals surface area contributed by atoms with Gasteiger partial charge in [-0.05, 0) is 26.3 Å². The molecule has 1 N–H and O–H groups in total. The van der Waals surface area contributed by atoms with Crippen molar-refractivity contribution in [1.82, 2.24) is 10.2 Å². The monoisotopic (exact) mass is 354 g/mol. The Hall–Kier alpha value is -1.60. The summed E-state index contributed by atoms with van der Waals surface area (Å²) < 4.78 is 28.6. The Bertz CT molecular complexity index is 690. The molecule has 1 aliphatic heterocycles. The summed E-state index contributed by atoms with van der Waals surface area (Å²) in [4.78, 5) is 14.2. The van der Waals surface area contributed by atoms with E-state index in [-0.39, 0.29) is 29.5 Å². The van der Waals surface area contributed by atoms with Crippen LogP contribution in [0.2, 0.25) is 0 Å². The standard InChI is InChI=1S/C17H26N2O4S/c1-12(15-7-5-6-8-16(15)23-4)18-13(2)17(20)19(3)14-9-10-24(21,22)11-14/h5-8,12-14,18H,9-11H2,1-4H3/t12-,13-,14-/m0/s1. The number of nitrogens with one attached hydrogen (secondary N) is 1. The highest BCUT2D eigenvalue weighted by molar-refractivity contribution is 7.91. The van der Waals surface area contributed by atoms with Gasteiger partial charge in [0, 0.05) is 24.7 Å². The first-order valence-electron chi connectivity index (χ1n) is 8.11. The molecular weight excluding hydrogens is 328 g/mol. The van der Waals surface area contributed by atoms with E-state index >= 15 is 0 Å². The Morgan fingerprint density at radius 3 is 2.58 bits per heavy atom. The van der Waals surface area contributed by atoms with Crippen LogP contribution in [0.5, 0.6) is 5.75 Å². The predicted molar refractivity (Wildman–Crippen MR) is 93.8 cm³/mol. The number of hydrogen-bond donors (Lipinski definition) is 1. The number of ether oxygens (including phenoxy) is 1. The van der Waals surface area contributed by atoms with Crippen molar-refractivity contribution in [2.45, 2.75) is 38.4 Å². The molecule has 1 aliphatic rings. The van der Waals surface area contributed by atoms with E-state index in [1.807, 2.05) is 31.2 Å². The minimum Gasteiger partial charge on any atom is -0.496 e. The van der Waals surface area contributed by atoms with Crippen LogP contribution in [0.3, 0.4) is 0 Å². The van der Waals surface area contributed by atoms with Gasteiger partial charge in [-0.3, -0.25) is 10.1 Å². The van der Waals surface area contributed by atoms with E-state index in [9.17, 15) is 13.2 Å². The third-order valence-corrected chi connectivity index (χ3v) is 6.33. The molecule has 1 saturated heterocycles. The molecule has 1 fully saturated rings. The highest BCUT2D eigenvalue weighted by Crippen LogP contribution is 2.25. The number of para-hydroxylation sites is 1. The zero-order valence-corrected chi connectivity index (χ0v) is 15.5. The van der Waals surface area contributed by atoms with Gasteiger partial charge in [0.1, 0.15) is 5.75 Å². The fraction of sp³-hybridized carbons (Fsp3) is 0.588. The molecule has 1 aromatic carbocycles. The maximum atomic E-state index is 12.6. The van der Waals surface area contributed by atoms with Crippen molar-refractivity contribution in [3.8, 4) is 5.75 Å². The summed E-state index contributed by atoms with van der Waals surface area (Å²) in [6, 6.07) is 6.96. The number of carbonyl (C=O) groups is 1. The number of carbonyl (C=O) groups excluding carboxylic acids is 1. The summed E-state index contributed by atoms with van der Waals surface area (Å²) in [6.07, 6.45) is 0.513. The van der Waals surface area contributed by atoms with Crippen molar-refractivity contribution >= 4 is 15.7 Å². The smallest absolute Gasteiger partial charge is 0.239 e. The lowest BCUT2D eigenvalue weighted by Gasteiger charge is -2.29. The largest absolute Gasteiger partial charge is 0.496 e. The maximum absolute atomic E-state index is 12.6. The van der Waals surface area contributed by atoms with Crippen LogP contribution in [0.15, 0.2) is 24.3 Å². The Balaban J connectivity index is 2.00. The molecule has 0 bridgehead atoms. The van der Waals surface area contributed by atoms with Gasteiger partial charge in [0.15, 0.2) is 9.84 Å². The van der Waals surface area contributed by atoms with Crippen LogP contribution in [0.4, 0.5) is 0 Å². The summed E-state index contributed by atoms with van der Waals surface area (Å²) >= 11 is 0. The molecule has 0 radical (unpaired) electrons. The molecule has 0 aliphatic carbocycles. The molecule has 2 rings (SSSR count). The van der Waals surface area contributed by atoms with Crippen molar-refractivity contribution in [1.29, 1.82) is 0 Å². The van der Waals surface area contributed by atoms with Gasteiger partial charge < -0.3 is 9.64 Å². The van der Waals surface area contributed by atoms with Gasteiger partial charge in [-0.25, -0.2) is 8.42 Å². The van der Waals surface area contributed by atoms with Crippen molar-refractivity contribution in [3.05, 3.63) is 29.8 Å². The molecular formula is C17H26N2O4S. The number of hydrogen-bond acceptors (Lipinski definition) is 5. The molecule has 1 heterocycles. The first-order valence-corrected chi connectivity index (χ1v) is 9.93. The van der Waals surface area contributed by atoms with Crippen LogP contribution in [0.1, 0.15) is 31.9 Å². The summed E-state index contributed by atoms with van der Waals surface area (Å²) in [6.45, 7) is 3.77. The van der Waals surface area contributed by atoms with E-state index in [0.717, 1.165) is 11.3 Å². The Morgan fingerprint density at radius 1 is 1.33 bits per heavy atom. The lowest BCUT2D eigenvalue weighted by molar-refractivity contribution is -0.133. The van der Waals surface area contributed by atoms with E-state index in [2.05, 4.69) is 5.32 Å². The highest BCUT2D eigenvalue weighted by Gasteiger charge is 2.34. The van der Waals surface area contributed by atoms with Gasteiger partial charge in [-0.2, -0.15) is 0 Å². The number of benzene rings is 1. The van der Waals surface area contributed by atoms with E-state index in [1.54, 1.807) is 26.0 Å². The first-order chi connectivity index (χ1) is 11.2. The van der Waals surface area contributed by atoms with Crippen molar-refractivity contribution in [2.75, 3.05) is 25.7 Å². The third-order valence-electron chi connectivity index (χ3n) is 4.58. The molecule has 1 amide bonds. The summed E-state index contributed by atoms with van der Waals surface area (Å²) in [7, 11) is 0.294. The molecule has 134 valence electrons. The van der Waals surface area contributed by atoms with Gasteiger partial charge in [0.25, 0.3) is 0 Å². The van der Waals surface area contributed by atoms with Gasteiger partial charge in [-0.1, -0.05) is 18.2 Å². The summed E-state index contributed by atoms with van der Waals surface area (Å²) in [5.41, 5.74) is 0.978. The van der Waals surface area contributed by atoms with Gasteiger partial charge in [0.05, 0.1) is 24.7 Å². The minimum atomic E-state index is -3.01. The quantitative estimate of drug-likeness (QED) is 0.835. The topological polar surface area (TPSA) is 75.7 Å². The van der Waals surface area contributed by atoms with Crippen LogP contribution in [-0.4, -0.2) is 57.0 Å². The summed E-state index contributed by atoms with van der Waals surface area (Å²) in [5.74, 6) is 0.893. The lowest BCUT2D eigenvalue weighted by Crippen LogP contribution is -2.48. The molecule has 6 nitrogen and oxygen atoms in total. The van der Waals surface area contributed by atoms with E-state index in [1.165, 1.54) is 0 Å². The van der Waals surface area contributed by atoms with Crippen LogP contribution in [0.25, 0.3) is 0 Å². The van der Waals surface area contributed by atoms with Crippen LogP contribution in [-0.2, 0) is 14.6 Å².